The molecule has 1 aromatic heterocycles. The summed E-state index contributed by atoms with van der Waals surface area (Å²) in [5, 5.41) is 19.9. The van der Waals surface area contributed by atoms with Gasteiger partial charge in [0.25, 0.3) is 5.91 Å². The molecule has 1 atom stereocenters. The normalized spacial score (nSPS) is 13.6. The number of alkyl halides is 3. The molecule has 1 unspecified atom stereocenters. The van der Waals surface area contributed by atoms with Crippen LogP contribution in [0.25, 0.3) is 0 Å². The van der Waals surface area contributed by atoms with E-state index in [2.05, 4.69) is 15.6 Å². The zero-order valence-corrected chi connectivity index (χ0v) is 17.0. The number of amides is 1. The minimum Gasteiger partial charge on any atom is -0.394 e. The van der Waals surface area contributed by atoms with E-state index < -0.39 is 41.4 Å². The van der Waals surface area contributed by atoms with Gasteiger partial charge >= 0.3 is 6.18 Å². The highest BCUT2D eigenvalue weighted by Crippen LogP contribution is 2.32. The molecule has 3 rings (SSSR count). The molecule has 3 aromatic rings. The molecule has 6 nitrogen and oxygen atoms in total. The van der Waals surface area contributed by atoms with Crippen molar-refractivity contribution >= 4 is 5.91 Å². The molecule has 11 heteroatoms. The maximum Gasteiger partial charge on any atom is 0.416 e. The SMILES string of the molecule is Cc1c(C(=O)NC(C)(CO)c2cccc(C(F)(F)F)c2)nnn1Cc1ccc(F)cc1F. The van der Waals surface area contributed by atoms with Crippen LogP contribution in [0.1, 0.15) is 39.8 Å². The summed E-state index contributed by atoms with van der Waals surface area (Å²) < 4.78 is 67.4. The summed E-state index contributed by atoms with van der Waals surface area (Å²) in [5.41, 5.74) is -2.21. The van der Waals surface area contributed by atoms with Crippen molar-refractivity contribution < 1.29 is 31.9 Å². The van der Waals surface area contributed by atoms with Crippen LogP contribution in [0.4, 0.5) is 22.0 Å². The maximum atomic E-state index is 13.9. The third kappa shape index (κ3) is 4.77. The summed E-state index contributed by atoms with van der Waals surface area (Å²) in [5.74, 6) is -2.31. The first kappa shape index (κ1) is 23.3. The number of aliphatic hydroxyl groups excluding tert-OH is 1. The third-order valence-electron chi connectivity index (χ3n) is 5.07. The zero-order chi connectivity index (χ0) is 23.7. The molecule has 0 saturated carbocycles. The first-order chi connectivity index (χ1) is 14.9. The topological polar surface area (TPSA) is 80.0 Å². The van der Waals surface area contributed by atoms with E-state index in [4.69, 9.17) is 0 Å². The van der Waals surface area contributed by atoms with Crippen molar-refractivity contribution in [3.8, 4) is 0 Å². The van der Waals surface area contributed by atoms with Crippen LogP contribution in [0, 0.1) is 18.6 Å². The number of rotatable bonds is 6. The molecule has 2 N–H and O–H groups in total. The highest BCUT2D eigenvalue weighted by atomic mass is 19.4. The van der Waals surface area contributed by atoms with Crippen LogP contribution < -0.4 is 5.32 Å². The van der Waals surface area contributed by atoms with Gasteiger partial charge in [0.2, 0.25) is 0 Å². The number of benzene rings is 2. The molecular formula is C21H19F5N4O2. The minimum atomic E-state index is -4.59. The molecule has 0 saturated heterocycles. The van der Waals surface area contributed by atoms with Crippen LogP contribution in [-0.4, -0.2) is 32.6 Å². The average molecular weight is 454 g/mol. The Morgan fingerprint density at radius 2 is 1.81 bits per heavy atom. The standard InChI is InChI=1S/C21H19F5N4O2/c1-12-18(28-29-30(12)10-13-6-7-16(22)9-17(13)23)19(32)27-20(2,11-31)14-4-3-5-15(8-14)21(24,25)26/h3-9,31H,10-11H2,1-2H3,(H,27,32). The first-order valence-corrected chi connectivity index (χ1v) is 9.40. The van der Waals surface area contributed by atoms with E-state index in [1.54, 1.807) is 0 Å². The van der Waals surface area contributed by atoms with Gasteiger partial charge in [-0.15, -0.1) is 5.10 Å². The molecule has 1 heterocycles. The van der Waals surface area contributed by atoms with Crippen LogP contribution >= 0.6 is 0 Å². The van der Waals surface area contributed by atoms with Crippen LogP contribution in [0.3, 0.4) is 0 Å². The smallest absolute Gasteiger partial charge is 0.394 e. The first-order valence-electron chi connectivity index (χ1n) is 9.40. The molecule has 1 amide bonds. The molecule has 0 radical (unpaired) electrons. The number of carbonyl (C=O) groups is 1. The van der Waals surface area contributed by atoms with Gasteiger partial charge in [0, 0.05) is 11.6 Å². The number of hydrogen-bond acceptors (Lipinski definition) is 4. The van der Waals surface area contributed by atoms with Crippen LogP contribution in [0.15, 0.2) is 42.5 Å². The van der Waals surface area contributed by atoms with Gasteiger partial charge in [-0.05, 0) is 37.6 Å². The lowest BCUT2D eigenvalue weighted by molar-refractivity contribution is -0.137. The zero-order valence-electron chi connectivity index (χ0n) is 17.0. The van der Waals surface area contributed by atoms with Gasteiger partial charge in [0.15, 0.2) is 5.69 Å². The third-order valence-corrected chi connectivity index (χ3v) is 5.07. The van der Waals surface area contributed by atoms with Gasteiger partial charge in [0.05, 0.1) is 29.9 Å². The second-order valence-corrected chi connectivity index (χ2v) is 7.44. The van der Waals surface area contributed by atoms with Gasteiger partial charge < -0.3 is 10.4 Å². The van der Waals surface area contributed by atoms with Crippen molar-refractivity contribution in [2.75, 3.05) is 6.61 Å². The number of aliphatic hydroxyl groups is 1. The Bertz CT molecular complexity index is 1150. The Labute approximate surface area is 179 Å². The molecule has 0 aliphatic heterocycles. The fraction of sp³-hybridized carbons (Fsp3) is 0.286. The largest absolute Gasteiger partial charge is 0.416 e. The van der Waals surface area contributed by atoms with E-state index in [1.165, 1.54) is 36.7 Å². The lowest BCUT2D eigenvalue weighted by Gasteiger charge is -2.29. The molecule has 0 aliphatic rings. The fourth-order valence-electron chi connectivity index (χ4n) is 3.08. The molecule has 170 valence electrons. The second kappa shape index (κ2) is 8.65. The molecule has 32 heavy (non-hydrogen) atoms. The second-order valence-electron chi connectivity index (χ2n) is 7.44. The van der Waals surface area contributed by atoms with Gasteiger partial charge in [-0.3, -0.25) is 4.79 Å². The quantitative estimate of drug-likeness (QED) is 0.559. The van der Waals surface area contributed by atoms with E-state index in [9.17, 15) is 31.9 Å². The summed E-state index contributed by atoms with van der Waals surface area (Å²) >= 11 is 0. The monoisotopic (exact) mass is 454 g/mol. The van der Waals surface area contributed by atoms with Crippen molar-refractivity contribution in [3.63, 3.8) is 0 Å². The van der Waals surface area contributed by atoms with Crippen LogP contribution in [0.5, 0.6) is 0 Å². The van der Waals surface area contributed by atoms with Gasteiger partial charge in [-0.1, -0.05) is 23.4 Å². The van der Waals surface area contributed by atoms with Crippen molar-refractivity contribution in [2.45, 2.75) is 32.1 Å². The summed E-state index contributed by atoms with van der Waals surface area (Å²) in [6.07, 6.45) is -4.59. The number of carbonyl (C=O) groups excluding carboxylic acids is 1. The van der Waals surface area contributed by atoms with Crippen molar-refractivity contribution in [1.29, 1.82) is 0 Å². The maximum absolute atomic E-state index is 13.9. The molecule has 0 bridgehead atoms. The van der Waals surface area contributed by atoms with E-state index in [0.717, 1.165) is 24.3 Å². The lowest BCUT2D eigenvalue weighted by atomic mass is 9.91. The Morgan fingerprint density at radius 1 is 1.12 bits per heavy atom. The number of halogens is 5. The number of nitrogens with zero attached hydrogens (tertiary/aromatic N) is 3. The molecule has 0 fully saturated rings. The van der Waals surface area contributed by atoms with E-state index in [-0.39, 0.29) is 29.1 Å². The Balaban J connectivity index is 1.84. The van der Waals surface area contributed by atoms with Crippen LogP contribution in [-0.2, 0) is 18.3 Å². The summed E-state index contributed by atoms with van der Waals surface area (Å²) in [6.45, 7) is 2.06. The van der Waals surface area contributed by atoms with Crippen molar-refractivity contribution in [1.82, 2.24) is 20.3 Å². The molecule has 0 spiro atoms. The van der Waals surface area contributed by atoms with Crippen molar-refractivity contribution in [2.24, 2.45) is 0 Å². The summed E-state index contributed by atoms with van der Waals surface area (Å²) in [6, 6.07) is 7.30. The predicted octanol–water partition coefficient (Wildman–Crippen LogP) is 3.57. The van der Waals surface area contributed by atoms with Gasteiger partial charge in [0.1, 0.15) is 11.6 Å². The Kier molecular flexibility index (Phi) is 6.31. The molecule has 2 aromatic carbocycles. The Morgan fingerprint density at radius 3 is 2.44 bits per heavy atom. The van der Waals surface area contributed by atoms with E-state index >= 15 is 0 Å². The summed E-state index contributed by atoms with van der Waals surface area (Å²) in [4.78, 5) is 12.8. The number of nitrogens with one attached hydrogen (secondary N) is 1. The fourth-order valence-corrected chi connectivity index (χ4v) is 3.08. The van der Waals surface area contributed by atoms with Gasteiger partial charge in [-0.2, -0.15) is 13.2 Å². The highest BCUT2D eigenvalue weighted by Gasteiger charge is 2.35. The highest BCUT2D eigenvalue weighted by molar-refractivity contribution is 5.93. The Hall–Kier alpha value is -3.34. The molecule has 0 aliphatic carbocycles. The number of hydrogen-bond donors (Lipinski definition) is 2. The van der Waals surface area contributed by atoms with Crippen molar-refractivity contribution in [3.05, 3.63) is 82.2 Å². The number of aromatic nitrogens is 3. The summed E-state index contributed by atoms with van der Waals surface area (Å²) in [7, 11) is 0. The average Bonchev–Trinajstić information content (AvgIpc) is 3.09. The van der Waals surface area contributed by atoms with Crippen LogP contribution in [0.2, 0.25) is 0 Å². The van der Waals surface area contributed by atoms with E-state index in [1.807, 2.05) is 0 Å². The lowest BCUT2D eigenvalue weighted by Crippen LogP contribution is -2.46. The van der Waals surface area contributed by atoms with E-state index in [0.29, 0.717) is 0 Å². The molecular weight excluding hydrogens is 435 g/mol. The predicted molar refractivity (Wildman–Crippen MR) is 104 cm³/mol. The minimum absolute atomic E-state index is 0.0432. The van der Waals surface area contributed by atoms with Gasteiger partial charge in [-0.25, -0.2) is 13.5 Å².